The van der Waals surface area contributed by atoms with Crippen molar-refractivity contribution in [3.05, 3.63) is 58.6 Å². The number of thioether (sulfide) groups is 1. The van der Waals surface area contributed by atoms with Gasteiger partial charge in [-0.15, -0.1) is 11.8 Å². The predicted octanol–water partition coefficient (Wildman–Crippen LogP) is 7.86. The third kappa shape index (κ3) is 3.13. The first kappa shape index (κ1) is 19.0. The fourth-order valence-corrected chi connectivity index (χ4v) is 9.04. The molecular formula is C27H36S. The number of hydrogen-bond acceptors (Lipinski definition) is 1. The average Bonchev–Trinajstić information content (AvgIpc) is 3.06. The lowest BCUT2D eigenvalue weighted by molar-refractivity contribution is 0.0985. The van der Waals surface area contributed by atoms with E-state index >= 15 is 0 Å². The van der Waals surface area contributed by atoms with Crippen LogP contribution < -0.4 is 0 Å². The summed E-state index contributed by atoms with van der Waals surface area (Å²) in [5, 5.41) is 0.688. The van der Waals surface area contributed by atoms with E-state index in [0.29, 0.717) is 10.7 Å². The lowest BCUT2D eigenvalue weighted by Crippen LogP contribution is -2.43. The first-order valence-electron chi connectivity index (χ1n) is 11.7. The summed E-state index contributed by atoms with van der Waals surface area (Å²) in [6, 6.07) is 0. The number of rotatable bonds is 2. The molecule has 0 saturated heterocycles. The third-order valence-corrected chi connectivity index (χ3v) is 9.96. The molecule has 0 amide bonds. The van der Waals surface area contributed by atoms with Gasteiger partial charge in [0.1, 0.15) is 0 Å². The van der Waals surface area contributed by atoms with Crippen molar-refractivity contribution >= 4 is 11.8 Å². The highest BCUT2D eigenvalue weighted by Crippen LogP contribution is 2.59. The standard InChI is InChI=1S/C27H36S/c1-18-9-4-5-11-21(18)20-10-8-16-27(3,17-20)25-19(2)14-15-23-22-12-6-7-13-24(22)28-26(23)25/h4,6,8-9,12,15-16,18-21,25-26H,5,7,10-11,13-14,17H2,1-3H3/t18?,19?,20-,21?,25?,26?,27?/m1/s1. The van der Waals surface area contributed by atoms with Gasteiger partial charge in [0.05, 0.1) is 0 Å². The Morgan fingerprint density at radius 3 is 2.82 bits per heavy atom. The zero-order valence-electron chi connectivity index (χ0n) is 17.9. The van der Waals surface area contributed by atoms with Crippen molar-refractivity contribution in [2.24, 2.45) is 35.0 Å². The molecule has 5 rings (SSSR count). The lowest BCUT2D eigenvalue weighted by atomic mass is 9.57. The summed E-state index contributed by atoms with van der Waals surface area (Å²) >= 11 is 2.23. The maximum Gasteiger partial charge on any atom is 0.0383 e. The number of allylic oxidation sites excluding steroid dienone is 9. The predicted molar refractivity (Wildman–Crippen MR) is 123 cm³/mol. The topological polar surface area (TPSA) is 0 Å². The molecule has 150 valence electrons. The van der Waals surface area contributed by atoms with Gasteiger partial charge < -0.3 is 0 Å². The molecule has 0 bridgehead atoms. The molecule has 0 spiro atoms. The molecule has 0 aromatic rings. The van der Waals surface area contributed by atoms with Gasteiger partial charge in [-0.1, -0.05) is 63.3 Å². The van der Waals surface area contributed by atoms with Crippen LogP contribution in [0.15, 0.2) is 58.6 Å². The Kier molecular flexibility index (Phi) is 5.02. The molecule has 28 heavy (non-hydrogen) atoms. The van der Waals surface area contributed by atoms with Crippen molar-refractivity contribution in [1.29, 1.82) is 0 Å². The minimum atomic E-state index is 0.346. The molecule has 1 heterocycles. The van der Waals surface area contributed by atoms with E-state index in [1.54, 1.807) is 16.1 Å². The van der Waals surface area contributed by atoms with E-state index in [-0.39, 0.29) is 0 Å². The van der Waals surface area contributed by atoms with Crippen molar-refractivity contribution in [3.8, 4) is 0 Å². The largest absolute Gasteiger partial charge is 0.121 e. The van der Waals surface area contributed by atoms with Gasteiger partial charge >= 0.3 is 0 Å². The number of fused-ring (bicyclic) bond motifs is 2. The highest BCUT2D eigenvalue weighted by Gasteiger charge is 2.49. The van der Waals surface area contributed by atoms with E-state index in [4.69, 9.17) is 0 Å². The lowest BCUT2D eigenvalue weighted by Gasteiger charge is -2.49. The molecule has 0 radical (unpaired) electrons. The molecular weight excluding hydrogens is 356 g/mol. The van der Waals surface area contributed by atoms with Gasteiger partial charge in [0.15, 0.2) is 0 Å². The summed E-state index contributed by atoms with van der Waals surface area (Å²) in [6.07, 6.45) is 26.7. The van der Waals surface area contributed by atoms with Crippen LogP contribution in [0.25, 0.3) is 0 Å². The van der Waals surface area contributed by atoms with Gasteiger partial charge in [0.2, 0.25) is 0 Å². The van der Waals surface area contributed by atoms with Gasteiger partial charge in [0.25, 0.3) is 0 Å². The Balaban J connectivity index is 1.42. The van der Waals surface area contributed by atoms with Gasteiger partial charge in [0, 0.05) is 5.25 Å². The molecule has 4 aliphatic carbocycles. The van der Waals surface area contributed by atoms with E-state index < -0.39 is 0 Å². The van der Waals surface area contributed by atoms with Crippen molar-refractivity contribution in [2.45, 2.75) is 71.0 Å². The second-order valence-electron chi connectivity index (χ2n) is 10.4. The molecule has 0 aromatic carbocycles. The van der Waals surface area contributed by atoms with E-state index in [1.165, 1.54) is 44.9 Å². The fraction of sp³-hybridized carbons (Fsp3) is 0.630. The maximum absolute atomic E-state index is 2.64. The Bertz CT molecular complexity index is 778. The Morgan fingerprint density at radius 1 is 1.07 bits per heavy atom. The van der Waals surface area contributed by atoms with Gasteiger partial charge in [-0.05, 0) is 96.0 Å². The molecule has 0 saturated carbocycles. The van der Waals surface area contributed by atoms with Crippen LogP contribution >= 0.6 is 11.8 Å². The second-order valence-corrected chi connectivity index (χ2v) is 11.6. The Hall–Kier alpha value is -0.950. The van der Waals surface area contributed by atoms with Gasteiger partial charge in [-0.3, -0.25) is 0 Å². The van der Waals surface area contributed by atoms with Crippen LogP contribution in [-0.4, -0.2) is 5.25 Å². The van der Waals surface area contributed by atoms with Gasteiger partial charge in [-0.25, -0.2) is 0 Å². The van der Waals surface area contributed by atoms with Crippen LogP contribution in [0, 0.1) is 35.0 Å². The molecule has 5 aliphatic rings. The maximum atomic E-state index is 2.64. The average molecular weight is 393 g/mol. The second kappa shape index (κ2) is 7.38. The third-order valence-electron chi connectivity index (χ3n) is 8.45. The minimum Gasteiger partial charge on any atom is -0.121 e. The normalized spacial score (nSPS) is 45.0. The molecule has 0 nitrogen and oxygen atoms in total. The van der Waals surface area contributed by atoms with E-state index in [9.17, 15) is 0 Å². The molecule has 0 fully saturated rings. The van der Waals surface area contributed by atoms with Crippen molar-refractivity contribution in [2.75, 3.05) is 0 Å². The van der Waals surface area contributed by atoms with Crippen LogP contribution in [-0.2, 0) is 0 Å². The SMILES string of the molecule is CC1C=CCCC1[C@@H]1CC=CC(C)(C2C(C)CC=C3C4=C(CCC=C4)SC32)C1. The van der Waals surface area contributed by atoms with Crippen molar-refractivity contribution in [1.82, 2.24) is 0 Å². The first-order chi connectivity index (χ1) is 13.6. The first-order valence-corrected chi connectivity index (χ1v) is 12.6. The highest BCUT2D eigenvalue weighted by molar-refractivity contribution is 8.04. The smallest absolute Gasteiger partial charge is 0.0383 e. The molecule has 1 heteroatoms. The number of hydrogen-bond donors (Lipinski definition) is 0. The van der Waals surface area contributed by atoms with Crippen LogP contribution in [0.5, 0.6) is 0 Å². The highest BCUT2D eigenvalue weighted by atomic mass is 32.2. The summed E-state index contributed by atoms with van der Waals surface area (Å²) in [5.41, 5.74) is 3.63. The van der Waals surface area contributed by atoms with Crippen molar-refractivity contribution < 1.29 is 0 Å². The molecule has 7 atom stereocenters. The van der Waals surface area contributed by atoms with E-state index in [1.807, 2.05) is 0 Å². The zero-order valence-corrected chi connectivity index (χ0v) is 18.7. The quantitative estimate of drug-likeness (QED) is 0.431. The van der Waals surface area contributed by atoms with Crippen LogP contribution in [0.2, 0.25) is 0 Å². The summed E-state index contributed by atoms with van der Waals surface area (Å²) in [6.45, 7) is 7.59. The summed E-state index contributed by atoms with van der Waals surface area (Å²) < 4.78 is 0. The molecule has 6 unspecified atom stereocenters. The fourth-order valence-electron chi connectivity index (χ4n) is 7.11. The molecule has 1 aliphatic heterocycles. The van der Waals surface area contributed by atoms with Crippen LogP contribution in [0.4, 0.5) is 0 Å². The summed E-state index contributed by atoms with van der Waals surface area (Å²) in [4.78, 5) is 1.68. The Morgan fingerprint density at radius 2 is 1.96 bits per heavy atom. The molecule has 0 N–H and O–H groups in total. The monoisotopic (exact) mass is 392 g/mol. The summed E-state index contributed by atoms with van der Waals surface area (Å²) in [7, 11) is 0. The van der Waals surface area contributed by atoms with Crippen LogP contribution in [0.3, 0.4) is 0 Å². The van der Waals surface area contributed by atoms with E-state index in [0.717, 1.165) is 29.6 Å². The van der Waals surface area contributed by atoms with Crippen LogP contribution in [0.1, 0.15) is 65.7 Å². The van der Waals surface area contributed by atoms with Gasteiger partial charge in [-0.2, -0.15) is 0 Å². The Labute approximate surface area is 176 Å². The summed E-state index contributed by atoms with van der Waals surface area (Å²) in [5.74, 6) is 4.06. The molecule has 0 aromatic heterocycles. The van der Waals surface area contributed by atoms with E-state index in [2.05, 4.69) is 75.1 Å². The zero-order chi connectivity index (χ0) is 19.3. The minimum absolute atomic E-state index is 0.346. The van der Waals surface area contributed by atoms with Crippen molar-refractivity contribution in [3.63, 3.8) is 0 Å².